The summed E-state index contributed by atoms with van der Waals surface area (Å²) in [6, 6.07) is 0. The monoisotopic (exact) mass is 174 g/mol. The number of hydrogen-bond acceptors (Lipinski definition) is 3. The second-order valence-corrected chi connectivity index (χ2v) is 3.95. The molecule has 0 aromatic carbocycles. The lowest BCUT2D eigenvalue weighted by atomic mass is 10.3. The van der Waals surface area contributed by atoms with Crippen molar-refractivity contribution in [2.45, 2.75) is 19.3 Å². The Labute approximate surface area is 68.4 Å². The average molecular weight is 175 g/mol. The van der Waals surface area contributed by atoms with E-state index in [1.165, 1.54) is 24.4 Å². The fraction of sp³-hybridized carbons (Fsp3) is 0.667. The molecule has 1 aliphatic carbocycles. The quantitative estimate of drug-likeness (QED) is 0.687. The fourth-order valence-corrected chi connectivity index (χ4v) is 1.54. The van der Waals surface area contributed by atoms with Crippen LogP contribution in [0.1, 0.15) is 18.7 Å². The van der Waals surface area contributed by atoms with E-state index < -0.39 is 0 Å². The minimum Gasteiger partial charge on any atom is -0.208 e. The van der Waals surface area contributed by atoms with Gasteiger partial charge in [0.25, 0.3) is 0 Å². The van der Waals surface area contributed by atoms with Crippen molar-refractivity contribution >= 4 is 23.1 Å². The number of rotatable bonds is 2. The van der Waals surface area contributed by atoms with Crippen LogP contribution in [0.4, 0.5) is 0 Å². The Hall–Kier alpha value is -0.150. The molecule has 0 saturated heterocycles. The van der Waals surface area contributed by atoms with Crippen LogP contribution in [0.3, 0.4) is 0 Å². The van der Waals surface area contributed by atoms with Crippen LogP contribution in [0.5, 0.6) is 0 Å². The van der Waals surface area contributed by atoms with Crippen LogP contribution in [-0.2, 0) is 6.42 Å². The predicted molar refractivity (Wildman–Crippen MR) is 41.3 cm³/mol. The van der Waals surface area contributed by atoms with E-state index in [4.69, 9.17) is 11.6 Å². The third kappa shape index (κ3) is 1.47. The van der Waals surface area contributed by atoms with Crippen LogP contribution in [0.15, 0.2) is 0 Å². The highest BCUT2D eigenvalue weighted by atomic mass is 35.5. The second kappa shape index (κ2) is 2.47. The number of nitrogens with zero attached hydrogens (tertiary/aromatic N) is 2. The first-order valence-electron chi connectivity index (χ1n) is 3.32. The zero-order chi connectivity index (χ0) is 6.97. The van der Waals surface area contributed by atoms with E-state index in [-0.39, 0.29) is 0 Å². The van der Waals surface area contributed by atoms with Crippen LogP contribution in [-0.4, -0.2) is 9.36 Å². The Balaban J connectivity index is 2.03. The molecule has 0 bridgehead atoms. The summed E-state index contributed by atoms with van der Waals surface area (Å²) in [6.45, 7) is 0. The Kier molecular flexibility index (Phi) is 1.62. The summed E-state index contributed by atoms with van der Waals surface area (Å²) in [5.41, 5.74) is 0. The van der Waals surface area contributed by atoms with Crippen molar-refractivity contribution in [2.75, 3.05) is 0 Å². The van der Waals surface area contributed by atoms with Crippen molar-refractivity contribution in [3.8, 4) is 0 Å². The van der Waals surface area contributed by atoms with E-state index in [0.717, 1.165) is 18.2 Å². The van der Waals surface area contributed by atoms with Gasteiger partial charge in [0.2, 0.25) is 4.47 Å². The van der Waals surface area contributed by atoms with Crippen LogP contribution >= 0.6 is 23.1 Å². The van der Waals surface area contributed by atoms with Gasteiger partial charge < -0.3 is 0 Å². The van der Waals surface area contributed by atoms with Gasteiger partial charge in [-0.2, -0.15) is 4.37 Å². The average Bonchev–Trinajstić information content (AvgIpc) is 2.59. The van der Waals surface area contributed by atoms with Crippen molar-refractivity contribution < 1.29 is 0 Å². The summed E-state index contributed by atoms with van der Waals surface area (Å²) in [4.78, 5) is 4.06. The lowest BCUT2D eigenvalue weighted by Gasteiger charge is -1.85. The number of halogens is 1. The zero-order valence-electron chi connectivity index (χ0n) is 5.38. The molecule has 4 heteroatoms. The minimum atomic E-state index is 0.565. The van der Waals surface area contributed by atoms with E-state index in [0.29, 0.717) is 4.47 Å². The van der Waals surface area contributed by atoms with Crippen LogP contribution in [0, 0.1) is 5.92 Å². The summed E-state index contributed by atoms with van der Waals surface area (Å²) in [5, 5.41) is 0. The molecule has 1 saturated carbocycles. The van der Waals surface area contributed by atoms with Gasteiger partial charge in [-0.15, -0.1) is 0 Å². The molecular weight excluding hydrogens is 168 g/mol. The van der Waals surface area contributed by atoms with Crippen molar-refractivity contribution in [3.63, 3.8) is 0 Å². The SMILES string of the molecule is Clc1nc(CC2CC2)ns1. The molecule has 2 rings (SSSR count). The summed E-state index contributed by atoms with van der Waals surface area (Å²) < 4.78 is 4.66. The zero-order valence-corrected chi connectivity index (χ0v) is 6.95. The predicted octanol–water partition coefficient (Wildman–Crippen LogP) is 2.14. The molecule has 10 heavy (non-hydrogen) atoms. The maximum atomic E-state index is 5.61. The molecule has 1 fully saturated rings. The van der Waals surface area contributed by atoms with Crippen LogP contribution < -0.4 is 0 Å². The lowest BCUT2D eigenvalue weighted by Crippen LogP contribution is -1.88. The molecule has 0 unspecified atom stereocenters. The summed E-state index contributed by atoms with van der Waals surface area (Å²) in [5.74, 6) is 1.78. The van der Waals surface area contributed by atoms with Gasteiger partial charge in [-0.25, -0.2) is 4.98 Å². The normalized spacial score (nSPS) is 17.7. The van der Waals surface area contributed by atoms with Gasteiger partial charge in [0.05, 0.1) is 0 Å². The first kappa shape index (κ1) is 6.55. The maximum absolute atomic E-state index is 5.61. The highest BCUT2D eigenvalue weighted by Crippen LogP contribution is 2.32. The van der Waals surface area contributed by atoms with Crippen molar-refractivity contribution in [2.24, 2.45) is 5.92 Å². The number of aromatic nitrogens is 2. The molecule has 0 radical (unpaired) electrons. The Morgan fingerprint density at radius 3 is 2.90 bits per heavy atom. The first-order valence-corrected chi connectivity index (χ1v) is 4.48. The van der Waals surface area contributed by atoms with E-state index in [9.17, 15) is 0 Å². The summed E-state index contributed by atoms with van der Waals surface area (Å²) >= 11 is 6.89. The van der Waals surface area contributed by atoms with E-state index in [1.54, 1.807) is 0 Å². The largest absolute Gasteiger partial charge is 0.208 e. The maximum Gasteiger partial charge on any atom is 0.203 e. The third-order valence-corrected chi connectivity index (χ3v) is 2.45. The molecule has 0 N–H and O–H groups in total. The van der Waals surface area contributed by atoms with Crippen molar-refractivity contribution in [1.29, 1.82) is 0 Å². The van der Waals surface area contributed by atoms with Gasteiger partial charge in [0, 0.05) is 6.42 Å². The van der Waals surface area contributed by atoms with E-state index in [1.807, 2.05) is 0 Å². The second-order valence-electron chi connectivity index (χ2n) is 2.61. The third-order valence-electron chi connectivity index (χ3n) is 1.61. The minimum absolute atomic E-state index is 0.565. The van der Waals surface area contributed by atoms with Gasteiger partial charge in [0.15, 0.2) is 0 Å². The Bertz CT molecular complexity index is 231. The molecule has 0 aliphatic heterocycles. The van der Waals surface area contributed by atoms with Crippen molar-refractivity contribution in [3.05, 3.63) is 10.3 Å². The summed E-state index contributed by atoms with van der Waals surface area (Å²) in [7, 11) is 0. The van der Waals surface area contributed by atoms with Crippen molar-refractivity contribution in [1.82, 2.24) is 9.36 Å². The molecule has 54 valence electrons. The highest BCUT2D eigenvalue weighted by molar-refractivity contribution is 7.10. The molecule has 0 amide bonds. The topological polar surface area (TPSA) is 25.8 Å². The molecule has 0 spiro atoms. The molecule has 0 atom stereocenters. The first-order chi connectivity index (χ1) is 4.84. The number of hydrogen-bond donors (Lipinski definition) is 0. The fourth-order valence-electron chi connectivity index (χ4n) is 0.896. The van der Waals surface area contributed by atoms with Crippen LogP contribution in [0.25, 0.3) is 0 Å². The van der Waals surface area contributed by atoms with Gasteiger partial charge in [-0.3, -0.25) is 0 Å². The smallest absolute Gasteiger partial charge is 0.203 e. The lowest BCUT2D eigenvalue weighted by molar-refractivity contribution is 0.788. The highest BCUT2D eigenvalue weighted by Gasteiger charge is 2.23. The van der Waals surface area contributed by atoms with E-state index in [2.05, 4.69) is 9.36 Å². The van der Waals surface area contributed by atoms with Crippen LogP contribution in [0.2, 0.25) is 4.47 Å². The molecule has 1 aromatic rings. The van der Waals surface area contributed by atoms with Gasteiger partial charge in [-0.1, -0.05) is 0 Å². The molecule has 1 aliphatic rings. The van der Waals surface area contributed by atoms with Gasteiger partial charge in [0.1, 0.15) is 5.82 Å². The van der Waals surface area contributed by atoms with E-state index >= 15 is 0 Å². The molecule has 1 heterocycles. The Morgan fingerprint density at radius 1 is 1.60 bits per heavy atom. The molecule has 1 aromatic heterocycles. The van der Waals surface area contributed by atoms with Gasteiger partial charge in [-0.05, 0) is 41.9 Å². The van der Waals surface area contributed by atoms with Gasteiger partial charge >= 0.3 is 0 Å². The molecule has 2 nitrogen and oxygen atoms in total. The Morgan fingerprint density at radius 2 is 2.40 bits per heavy atom. The molecular formula is C6H7ClN2S. The standard InChI is InChI=1S/C6H7ClN2S/c7-6-8-5(9-10-6)3-4-1-2-4/h4H,1-3H2. The summed E-state index contributed by atoms with van der Waals surface area (Å²) in [6.07, 6.45) is 3.72.